The number of para-hydroxylation sites is 3. The van der Waals surface area contributed by atoms with Crippen molar-refractivity contribution < 1.29 is 4.74 Å². The second-order valence-electron chi connectivity index (χ2n) is 11.0. The van der Waals surface area contributed by atoms with Crippen molar-refractivity contribution in [2.75, 3.05) is 4.90 Å². The van der Waals surface area contributed by atoms with Crippen LogP contribution in [0.25, 0.3) is 42.9 Å². The van der Waals surface area contributed by atoms with Crippen molar-refractivity contribution in [3.8, 4) is 11.5 Å². The average Bonchev–Trinajstić information content (AvgIpc) is 2.99. The number of benzene rings is 5. The molecule has 3 heterocycles. The molecule has 6 heteroatoms. The van der Waals surface area contributed by atoms with E-state index in [1.165, 1.54) is 5.56 Å². The number of pyridine rings is 2. The first-order valence-electron chi connectivity index (χ1n) is 13.7. The van der Waals surface area contributed by atoms with Crippen LogP contribution in [0.4, 0.5) is 22.7 Å². The number of anilines is 3. The van der Waals surface area contributed by atoms with Crippen LogP contribution in [0, 0.1) is 27.3 Å². The van der Waals surface area contributed by atoms with Gasteiger partial charge in [-0.15, -0.1) is 0 Å². The molecule has 42 heavy (non-hydrogen) atoms. The second kappa shape index (κ2) is 8.42. The highest BCUT2D eigenvalue weighted by atomic mass is 16.5. The van der Waals surface area contributed by atoms with Crippen LogP contribution >= 0.6 is 0 Å². The van der Waals surface area contributed by atoms with Gasteiger partial charge in [0, 0.05) is 27.6 Å². The summed E-state index contributed by atoms with van der Waals surface area (Å²) >= 11 is 0. The van der Waals surface area contributed by atoms with Crippen LogP contribution in [0.3, 0.4) is 0 Å². The van der Waals surface area contributed by atoms with Gasteiger partial charge in [0.05, 0.1) is 40.2 Å². The van der Waals surface area contributed by atoms with Gasteiger partial charge in [-0.25, -0.2) is 4.85 Å². The highest BCUT2D eigenvalue weighted by Crippen LogP contribution is 2.52. The van der Waals surface area contributed by atoms with Crippen molar-refractivity contribution >= 4 is 60.8 Å². The van der Waals surface area contributed by atoms with Gasteiger partial charge in [0.2, 0.25) is 0 Å². The summed E-state index contributed by atoms with van der Waals surface area (Å²) in [6, 6.07) is 26.5. The minimum atomic E-state index is -0.195. The van der Waals surface area contributed by atoms with E-state index in [9.17, 15) is 9.59 Å². The number of rotatable bonds is 1. The number of aromatic nitrogens is 1. The molecule has 0 spiro atoms. The summed E-state index contributed by atoms with van der Waals surface area (Å²) in [5.41, 5.74) is 8.03. The molecule has 200 valence electrons. The highest BCUT2D eigenvalue weighted by Gasteiger charge is 2.30. The first-order chi connectivity index (χ1) is 20.4. The number of hydrogen-bond acceptors (Lipinski definition) is 4. The lowest BCUT2D eigenvalue weighted by molar-refractivity contribution is 0.477. The molecule has 5 aromatic carbocycles. The predicted molar refractivity (Wildman–Crippen MR) is 169 cm³/mol. The van der Waals surface area contributed by atoms with Gasteiger partial charge in [-0.1, -0.05) is 42.0 Å². The maximum absolute atomic E-state index is 14.2. The minimum absolute atomic E-state index is 0.147. The Morgan fingerprint density at radius 1 is 0.667 bits per heavy atom. The molecule has 0 saturated heterocycles. The number of ether oxygens (including phenoxy) is 1. The molecular formula is C36H23N3O3. The average molecular weight is 546 g/mol. The van der Waals surface area contributed by atoms with Crippen LogP contribution in [0.2, 0.25) is 0 Å². The van der Waals surface area contributed by atoms with Crippen molar-refractivity contribution in [3.63, 3.8) is 0 Å². The summed E-state index contributed by atoms with van der Waals surface area (Å²) in [4.78, 5) is 33.5. The molecule has 0 N–H and O–H groups in total. The van der Waals surface area contributed by atoms with Gasteiger partial charge in [-0.05, 0) is 74.4 Å². The standard InChI is InChI=1S/C36H23N3O3/c1-19-14-20(2)33(21(3)15-19)39-28-10-5-6-11-31(28)42-32-18-29-26(17-30(32)39)36(41)24-9-7-8-23-34(24)38(29)27-13-12-22(37-4)16-25(27)35(23)40/h5-18H,1-3H3. The van der Waals surface area contributed by atoms with E-state index in [0.717, 1.165) is 28.2 Å². The van der Waals surface area contributed by atoms with Crippen molar-refractivity contribution in [1.82, 2.24) is 4.40 Å². The van der Waals surface area contributed by atoms with Crippen LogP contribution in [-0.2, 0) is 0 Å². The van der Waals surface area contributed by atoms with Gasteiger partial charge < -0.3 is 14.0 Å². The Hall–Kier alpha value is -5.67. The van der Waals surface area contributed by atoms with Gasteiger partial charge in [0.1, 0.15) is 0 Å². The van der Waals surface area contributed by atoms with Crippen LogP contribution < -0.4 is 20.5 Å². The maximum Gasteiger partial charge on any atom is 0.197 e. The van der Waals surface area contributed by atoms with Gasteiger partial charge in [-0.2, -0.15) is 0 Å². The van der Waals surface area contributed by atoms with E-state index in [1.807, 2.05) is 40.8 Å². The minimum Gasteiger partial charge on any atom is -0.453 e. The zero-order valence-electron chi connectivity index (χ0n) is 23.1. The van der Waals surface area contributed by atoms with E-state index in [2.05, 4.69) is 42.6 Å². The summed E-state index contributed by atoms with van der Waals surface area (Å²) in [5, 5.41) is 1.87. The quantitative estimate of drug-likeness (QED) is 0.118. The van der Waals surface area contributed by atoms with Gasteiger partial charge in [-0.3, -0.25) is 9.59 Å². The Bertz CT molecular complexity index is 2460. The van der Waals surface area contributed by atoms with Gasteiger partial charge in [0.25, 0.3) is 0 Å². The van der Waals surface area contributed by atoms with E-state index in [1.54, 1.807) is 36.4 Å². The van der Waals surface area contributed by atoms with Crippen molar-refractivity contribution in [2.24, 2.45) is 0 Å². The number of fused-ring (bicyclic) bond motifs is 6. The van der Waals surface area contributed by atoms with Crippen molar-refractivity contribution in [3.05, 3.63) is 133 Å². The molecule has 2 aromatic heterocycles. The lowest BCUT2D eigenvalue weighted by Crippen LogP contribution is -2.19. The summed E-state index contributed by atoms with van der Waals surface area (Å²) in [6.45, 7) is 13.8. The fourth-order valence-corrected chi connectivity index (χ4v) is 6.71. The second-order valence-corrected chi connectivity index (χ2v) is 11.0. The number of nitrogens with zero attached hydrogens (tertiary/aromatic N) is 3. The molecule has 1 aliphatic heterocycles. The van der Waals surface area contributed by atoms with Gasteiger partial charge >= 0.3 is 0 Å². The Balaban J connectivity index is 1.56. The lowest BCUT2D eigenvalue weighted by Gasteiger charge is -2.35. The zero-order chi connectivity index (χ0) is 28.9. The Kier molecular flexibility index (Phi) is 4.84. The van der Waals surface area contributed by atoms with Crippen LogP contribution in [-0.4, -0.2) is 4.40 Å². The van der Waals surface area contributed by atoms with Crippen LogP contribution in [0.15, 0.2) is 94.5 Å². The molecule has 0 unspecified atom stereocenters. The third kappa shape index (κ3) is 3.13. The largest absolute Gasteiger partial charge is 0.453 e. The molecule has 7 aromatic rings. The third-order valence-electron chi connectivity index (χ3n) is 8.33. The normalized spacial score (nSPS) is 12.5. The summed E-state index contributed by atoms with van der Waals surface area (Å²) in [6.07, 6.45) is 0. The zero-order valence-corrected chi connectivity index (χ0v) is 23.1. The summed E-state index contributed by atoms with van der Waals surface area (Å²) in [7, 11) is 0. The van der Waals surface area contributed by atoms with Crippen molar-refractivity contribution in [1.29, 1.82) is 0 Å². The predicted octanol–water partition coefficient (Wildman–Crippen LogP) is 8.61. The molecule has 8 rings (SSSR count). The Morgan fingerprint density at radius 2 is 1.36 bits per heavy atom. The topological polar surface area (TPSA) is 55.4 Å². The molecule has 0 saturated carbocycles. The Labute approximate surface area is 240 Å². The molecule has 0 fully saturated rings. The van der Waals surface area contributed by atoms with E-state index in [-0.39, 0.29) is 10.9 Å². The molecular weight excluding hydrogens is 522 g/mol. The van der Waals surface area contributed by atoms with Gasteiger partial charge in [0.15, 0.2) is 28.0 Å². The third-order valence-corrected chi connectivity index (χ3v) is 8.33. The first kappa shape index (κ1) is 24.2. The fraction of sp³-hybridized carbons (Fsp3) is 0.0833. The van der Waals surface area contributed by atoms with E-state index >= 15 is 0 Å². The Morgan fingerprint density at radius 3 is 2.07 bits per heavy atom. The first-order valence-corrected chi connectivity index (χ1v) is 13.7. The van der Waals surface area contributed by atoms with Crippen LogP contribution in [0.5, 0.6) is 11.5 Å². The molecule has 0 aliphatic carbocycles. The highest BCUT2D eigenvalue weighted by molar-refractivity contribution is 6.09. The molecule has 6 nitrogen and oxygen atoms in total. The monoisotopic (exact) mass is 545 g/mol. The molecule has 0 bridgehead atoms. The number of hydrogen-bond donors (Lipinski definition) is 0. The smallest absolute Gasteiger partial charge is 0.197 e. The van der Waals surface area contributed by atoms with Crippen molar-refractivity contribution in [2.45, 2.75) is 20.8 Å². The molecule has 0 radical (unpaired) electrons. The summed E-state index contributed by atoms with van der Waals surface area (Å²) in [5.74, 6) is 1.32. The maximum atomic E-state index is 14.2. The van der Waals surface area contributed by atoms with E-state index in [0.29, 0.717) is 55.3 Å². The molecule has 0 amide bonds. The summed E-state index contributed by atoms with van der Waals surface area (Å²) < 4.78 is 8.50. The lowest BCUT2D eigenvalue weighted by atomic mass is 9.99. The van der Waals surface area contributed by atoms with Crippen LogP contribution in [0.1, 0.15) is 16.7 Å². The fourth-order valence-electron chi connectivity index (χ4n) is 6.71. The number of aryl methyl sites for hydroxylation is 3. The van der Waals surface area contributed by atoms with E-state index < -0.39 is 0 Å². The van der Waals surface area contributed by atoms with E-state index in [4.69, 9.17) is 11.3 Å². The SMILES string of the molecule is [C-]#[N+]c1ccc2c(c1)c(=O)c1cccc3c(=O)c4cc5c(cc4n2c13)Oc1ccccc1N5c1c(C)cc(C)cc1C. The molecule has 0 atom stereocenters. The molecule has 1 aliphatic rings.